The monoisotopic (exact) mass is 237 g/mol. The third-order valence-corrected chi connectivity index (χ3v) is 2.64. The summed E-state index contributed by atoms with van der Waals surface area (Å²) in [5.74, 6) is -0.135. The van der Waals surface area contributed by atoms with Crippen LogP contribution in [0.15, 0.2) is 35.4 Å². The van der Waals surface area contributed by atoms with Crippen molar-refractivity contribution in [2.75, 3.05) is 0 Å². The first-order chi connectivity index (χ1) is 7.66. The molecule has 2 rings (SSSR count). The highest BCUT2D eigenvalue weighted by atomic mass is 35.5. The van der Waals surface area contributed by atoms with Crippen molar-refractivity contribution in [2.45, 2.75) is 19.3 Å². The van der Waals surface area contributed by atoms with Crippen molar-refractivity contribution in [3.8, 4) is 0 Å². The Kier molecular flexibility index (Phi) is 3.27. The second-order valence-corrected chi connectivity index (χ2v) is 4.04. The van der Waals surface area contributed by atoms with Crippen LogP contribution in [-0.4, -0.2) is 18.2 Å². The first-order valence-corrected chi connectivity index (χ1v) is 5.42. The average molecular weight is 238 g/mol. The summed E-state index contributed by atoms with van der Waals surface area (Å²) < 4.78 is 5.35. The number of rotatable bonds is 2. The van der Waals surface area contributed by atoms with Crippen molar-refractivity contribution in [1.29, 1.82) is 0 Å². The number of benzene rings is 1. The topological polar surface area (TPSA) is 38.3 Å². The molecule has 0 bridgehead atoms. The summed E-state index contributed by atoms with van der Waals surface area (Å²) >= 11 is 6.07. The fourth-order valence-electron chi connectivity index (χ4n) is 1.46. The molecule has 16 heavy (non-hydrogen) atoms. The summed E-state index contributed by atoms with van der Waals surface area (Å²) in [6, 6.07) is 9.64. The van der Waals surface area contributed by atoms with E-state index in [4.69, 9.17) is 16.3 Å². The molecule has 3 nitrogen and oxygen atoms in total. The summed E-state index contributed by atoms with van der Waals surface area (Å²) in [6.07, 6.45) is 0.817. The van der Waals surface area contributed by atoms with Crippen LogP contribution in [0.3, 0.4) is 0 Å². The summed E-state index contributed by atoms with van der Waals surface area (Å²) in [4.78, 5) is 11.2. The minimum absolute atomic E-state index is 0.135. The largest absolute Gasteiger partial charge is 0.340 e. The van der Waals surface area contributed by atoms with Crippen LogP contribution in [0, 0.1) is 0 Å². The maximum atomic E-state index is 11.2. The van der Waals surface area contributed by atoms with Gasteiger partial charge in [0.25, 0.3) is 5.91 Å². The number of ether oxygens (including phenoxy) is 1. The first kappa shape index (κ1) is 11.2. The van der Waals surface area contributed by atoms with E-state index in [1.807, 2.05) is 30.3 Å². The predicted molar refractivity (Wildman–Crippen MR) is 62.7 cm³/mol. The lowest BCUT2D eigenvalue weighted by molar-refractivity contribution is -0.122. The molecule has 0 saturated carbocycles. The maximum absolute atomic E-state index is 11.2. The summed E-state index contributed by atoms with van der Waals surface area (Å²) in [5, 5.41) is 3.14. The normalized spacial score (nSPS) is 25.6. The molecule has 0 aliphatic carbocycles. The van der Waals surface area contributed by atoms with Crippen LogP contribution in [0.4, 0.5) is 0 Å². The number of nitrogens with one attached hydrogen (secondary N) is 1. The summed E-state index contributed by atoms with van der Waals surface area (Å²) in [6.45, 7) is 1.70. The lowest BCUT2D eigenvalue weighted by Gasteiger charge is -2.08. The number of carbonyl (C=O) groups excluding carboxylic acids is 1. The van der Waals surface area contributed by atoms with Crippen LogP contribution in [0.25, 0.3) is 6.08 Å². The van der Waals surface area contributed by atoms with Crippen LogP contribution < -0.4 is 5.32 Å². The molecule has 84 valence electrons. The molecule has 0 aromatic heterocycles. The smallest absolute Gasteiger partial charge is 0.251 e. The van der Waals surface area contributed by atoms with Gasteiger partial charge >= 0.3 is 0 Å². The standard InChI is InChI=1S/C12H12ClNO2/c1-8-11(15)14-12(16-8)10(13)7-9-5-3-2-4-6-9/h2-8,12H,1H3,(H,14,15)/b10-7+/t8-,12+/m0/s1. The van der Waals surface area contributed by atoms with Crippen molar-refractivity contribution < 1.29 is 9.53 Å². The molecule has 1 heterocycles. The fourth-order valence-corrected chi connectivity index (χ4v) is 1.70. The van der Waals surface area contributed by atoms with E-state index in [0.717, 1.165) is 5.56 Å². The van der Waals surface area contributed by atoms with Crippen LogP contribution >= 0.6 is 11.6 Å². The van der Waals surface area contributed by atoms with Gasteiger partial charge in [-0.1, -0.05) is 41.9 Å². The van der Waals surface area contributed by atoms with E-state index in [1.165, 1.54) is 0 Å². The quantitative estimate of drug-likeness (QED) is 0.856. The third-order valence-electron chi connectivity index (χ3n) is 2.34. The Morgan fingerprint density at radius 2 is 2.12 bits per heavy atom. The Morgan fingerprint density at radius 1 is 1.44 bits per heavy atom. The summed E-state index contributed by atoms with van der Waals surface area (Å²) in [5.41, 5.74) is 0.977. The van der Waals surface area contributed by atoms with Gasteiger partial charge in [-0.3, -0.25) is 4.79 Å². The summed E-state index contributed by atoms with van der Waals surface area (Å²) in [7, 11) is 0. The molecule has 2 atom stereocenters. The lowest BCUT2D eigenvalue weighted by atomic mass is 10.2. The molecule has 1 aromatic carbocycles. The van der Waals surface area contributed by atoms with Crippen molar-refractivity contribution >= 4 is 23.6 Å². The number of amides is 1. The Labute approximate surface area is 99.1 Å². The van der Waals surface area contributed by atoms with Gasteiger partial charge in [0.1, 0.15) is 6.10 Å². The highest BCUT2D eigenvalue weighted by Crippen LogP contribution is 2.19. The Morgan fingerprint density at radius 3 is 2.69 bits per heavy atom. The zero-order valence-electron chi connectivity index (χ0n) is 8.81. The minimum atomic E-state index is -0.524. The molecule has 0 unspecified atom stereocenters. The minimum Gasteiger partial charge on any atom is -0.340 e. The van der Waals surface area contributed by atoms with Crippen molar-refractivity contribution in [3.63, 3.8) is 0 Å². The molecular formula is C12H12ClNO2. The molecule has 0 spiro atoms. The molecule has 1 N–H and O–H groups in total. The van der Waals surface area contributed by atoms with Crippen molar-refractivity contribution in [3.05, 3.63) is 40.9 Å². The van der Waals surface area contributed by atoms with Crippen LogP contribution in [0.2, 0.25) is 0 Å². The fraction of sp³-hybridized carbons (Fsp3) is 0.250. The zero-order valence-corrected chi connectivity index (χ0v) is 9.57. The molecule has 4 heteroatoms. The molecule has 1 amide bonds. The van der Waals surface area contributed by atoms with E-state index in [-0.39, 0.29) is 5.91 Å². The molecule has 1 fully saturated rings. The van der Waals surface area contributed by atoms with Crippen molar-refractivity contribution in [2.24, 2.45) is 0 Å². The Hall–Kier alpha value is -1.32. The molecular weight excluding hydrogens is 226 g/mol. The van der Waals surface area contributed by atoms with Gasteiger partial charge in [0, 0.05) is 0 Å². The number of carbonyl (C=O) groups is 1. The van der Waals surface area contributed by atoms with Crippen LogP contribution in [0.5, 0.6) is 0 Å². The highest BCUT2D eigenvalue weighted by Gasteiger charge is 2.30. The second kappa shape index (κ2) is 4.68. The van der Waals surface area contributed by atoms with Gasteiger partial charge in [-0.2, -0.15) is 0 Å². The predicted octanol–water partition coefficient (Wildman–Crippen LogP) is 2.13. The van der Waals surface area contributed by atoms with E-state index in [9.17, 15) is 4.79 Å². The van der Waals surface area contributed by atoms with Gasteiger partial charge in [0.05, 0.1) is 5.03 Å². The number of hydrogen-bond acceptors (Lipinski definition) is 2. The van der Waals surface area contributed by atoms with E-state index in [2.05, 4.69) is 5.32 Å². The van der Waals surface area contributed by atoms with Gasteiger partial charge in [-0.05, 0) is 18.6 Å². The molecule has 1 aromatic rings. The molecule has 0 radical (unpaired) electrons. The molecule has 1 aliphatic rings. The lowest BCUT2D eigenvalue weighted by Crippen LogP contribution is -2.27. The average Bonchev–Trinajstić information content (AvgIpc) is 2.61. The van der Waals surface area contributed by atoms with E-state index >= 15 is 0 Å². The Balaban J connectivity index is 2.11. The number of hydrogen-bond donors (Lipinski definition) is 1. The van der Waals surface area contributed by atoms with E-state index in [1.54, 1.807) is 13.0 Å². The van der Waals surface area contributed by atoms with E-state index in [0.29, 0.717) is 5.03 Å². The zero-order chi connectivity index (χ0) is 11.5. The van der Waals surface area contributed by atoms with Crippen molar-refractivity contribution in [1.82, 2.24) is 5.32 Å². The van der Waals surface area contributed by atoms with Gasteiger partial charge < -0.3 is 10.1 Å². The number of halogens is 1. The van der Waals surface area contributed by atoms with Gasteiger partial charge in [0.2, 0.25) is 0 Å². The van der Waals surface area contributed by atoms with E-state index < -0.39 is 12.3 Å². The first-order valence-electron chi connectivity index (χ1n) is 5.05. The van der Waals surface area contributed by atoms with Crippen LogP contribution in [0.1, 0.15) is 12.5 Å². The maximum Gasteiger partial charge on any atom is 0.251 e. The second-order valence-electron chi connectivity index (χ2n) is 3.61. The van der Waals surface area contributed by atoms with Gasteiger partial charge in [-0.25, -0.2) is 0 Å². The molecule has 1 saturated heterocycles. The van der Waals surface area contributed by atoms with Gasteiger partial charge in [0.15, 0.2) is 6.23 Å². The molecule has 1 aliphatic heterocycles. The Bertz CT molecular complexity index is 416. The SMILES string of the molecule is C[C@@H]1O[C@H](/C(Cl)=C\c2ccccc2)NC1=O. The van der Waals surface area contributed by atoms with Crippen LogP contribution in [-0.2, 0) is 9.53 Å². The third kappa shape index (κ3) is 2.43. The van der Waals surface area contributed by atoms with Gasteiger partial charge in [-0.15, -0.1) is 0 Å². The highest BCUT2D eigenvalue weighted by molar-refractivity contribution is 6.32.